The minimum atomic E-state index is -1.09. The molecule has 4 aromatic rings. The molecule has 39 heavy (non-hydrogen) atoms. The average molecular weight is 586 g/mol. The lowest BCUT2D eigenvalue weighted by Crippen LogP contribution is -2.29. The Morgan fingerprint density at radius 3 is 2.54 bits per heavy atom. The molecule has 0 spiro atoms. The molecule has 1 fully saturated rings. The molecule has 0 radical (unpaired) electrons. The summed E-state index contributed by atoms with van der Waals surface area (Å²) in [5, 5.41) is 11.9. The standard InChI is InChI=1S/C27H21Cl2N3O6S/c1-4-38-13-8-9-16-18(11-13)39-27(31-16)32-21(17-7-5-6-10-30-17)19(23(34)26(32)35)22(33)14-12-15(28)25(37-3)20(29)24(14)36-2/h5-12,21,33H,4H2,1-3H3/b22-19+. The number of anilines is 1. The van der Waals surface area contributed by atoms with Gasteiger partial charge < -0.3 is 19.3 Å². The predicted molar refractivity (Wildman–Crippen MR) is 149 cm³/mol. The van der Waals surface area contributed by atoms with E-state index in [9.17, 15) is 14.7 Å². The van der Waals surface area contributed by atoms with Gasteiger partial charge in [0, 0.05) is 6.20 Å². The first-order valence-electron chi connectivity index (χ1n) is 11.7. The second-order valence-electron chi connectivity index (χ2n) is 8.27. The fourth-order valence-electron chi connectivity index (χ4n) is 4.39. The van der Waals surface area contributed by atoms with E-state index in [0.29, 0.717) is 23.6 Å². The third-order valence-electron chi connectivity index (χ3n) is 6.07. The Labute approximate surface area is 237 Å². The minimum Gasteiger partial charge on any atom is -0.507 e. The number of nitrogens with zero attached hydrogens (tertiary/aromatic N) is 3. The zero-order valence-corrected chi connectivity index (χ0v) is 23.2. The number of aliphatic hydroxyl groups excluding tert-OH is 1. The van der Waals surface area contributed by atoms with Crippen LogP contribution in [0, 0.1) is 0 Å². The largest absolute Gasteiger partial charge is 0.507 e. The van der Waals surface area contributed by atoms with Gasteiger partial charge in [-0.05, 0) is 43.3 Å². The predicted octanol–water partition coefficient (Wildman–Crippen LogP) is 6.04. The maximum Gasteiger partial charge on any atom is 0.301 e. The quantitative estimate of drug-likeness (QED) is 0.159. The molecule has 1 unspecified atom stereocenters. The Bertz CT molecular complexity index is 1640. The van der Waals surface area contributed by atoms with Crippen LogP contribution in [0.4, 0.5) is 5.13 Å². The van der Waals surface area contributed by atoms with Gasteiger partial charge in [0.1, 0.15) is 22.6 Å². The van der Waals surface area contributed by atoms with E-state index >= 15 is 0 Å². The first-order chi connectivity index (χ1) is 18.8. The highest BCUT2D eigenvalue weighted by molar-refractivity contribution is 7.22. The number of aliphatic hydroxyl groups is 1. The number of rotatable bonds is 7. The smallest absolute Gasteiger partial charge is 0.301 e. The van der Waals surface area contributed by atoms with E-state index in [2.05, 4.69) is 9.97 Å². The van der Waals surface area contributed by atoms with Crippen LogP contribution in [0.15, 0.2) is 54.2 Å². The number of ketones is 1. The average Bonchev–Trinajstić information content (AvgIpc) is 3.46. The molecule has 1 N–H and O–H groups in total. The normalized spacial score (nSPS) is 16.6. The number of fused-ring (bicyclic) bond motifs is 1. The van der Waals surface area contributed by atoms with Crippen LogP contribution in [-0.2, 0) is 9.59 Å². The number of carbonyl (C=O) groups is 2. The Kier molecular flexibility index (Phi) is 7.35. The van der Waals surface area contributed by atoms with Crippen molar-refractivity contribution in [2.75, 3.05) is 25.7 Å². The third kappa shape index (κ3) is 4.54. The second kappa shape index (κ2) is 10.7. The van der Waals surface area contributed by atoms with Gasteiger partial charge in [-0.25, -0.2) is 4.98 Å². The van der Waals surface area contributed by atoms with E-state index in [1.807, 2.05) is 13.0 Å². The molecular weight excluding hydrogens is 565 g/mol. The Morgan fingerprint density at radius 2 is 1.87 bits per heavy atom. The van der Waals surface area contributed by atoms with Crippen molar-refractivity contribution >= 4 is 67.3 Å². The molecule has 0 saturated carbocycles. The lowest BCUT2D eigenvalue weighted by molar-refractivity contribution is -0.132. The summed E-state index contributed by atoms with van der Waals surface area (Å²) >= 11 is 14.0. The Hall–Kier alpha value is -3.86. The fraction of sp³-hybridized carbons (Fsp3) is 0.185. The number of amides is 1. The highest BCUT2D eigenvalue weighted by atomic mass is 35.5. The number of hydrogen-bond donors (Lipinski definition) is 1. The molecule has 1 aliphatic heterocycles. The summed E-state index contributed by atoms with van der Waals surface area (Å²) in [5.74, 6) is -1.53. The third-order valence-corrected chi connectivity index (χ3v) is 7.71. The molecule has 3 heterocycles. The van der Waals surface area contributed by atoms with E-state index in [-0.39, 0.29) is 37.8 Å². The highest BCUT2D eigenvalue weighted by Crippen LogP contribution is 2.48. The fourth-order valence-corrected chi connectivity index (χ4v) is 6.10. The number of thiazole rings is 1. The summed E-state index contributed by atoms with van der Waals surface area (Å²) in [6.07, 6.45) is 1.53. The molecule has 2 aromatic carbocycles. The minimum absolute atomic E-state index is 0.00561. The molecule has 0 bridgehead atoms. The van der Waals surface area contributed by atoms with E-state index in [0.717, 1.165) is 4.70 Å². The van der Waals surface area contributed by atoms with Crippen LogP contribution in [0.3, 0.4) is 0 Å². The zero-order chi connectivity index (χ0) is 27.8. The second-order valence-corrected chi connectivity index (χ2v) is 10.1. The maximum absolute atomic E-state index is 13.5. The molecular formula is C27H21Cl2N3O6S. The summed E-state index contributed by atoms with van der Waals surface area (Å²) in [6.45, 7) is 2.38. The summed E-state index contributed by atoms with van der Waals surface area (Å²) in [6, 6.07) is 10.7. The van der Waals surface area contributed by atoms with Gasteiger partial charge >= 0.3 is 5.91 Å². The van der Waals surface area contributed by atoms with Crippen molar-refractivity contribution in [2.45, 2.75) is 13.0 Å². The zero-order valence-electron chi connectivity index (χ0n) is 20.9. The number of benzene rings is 2. The van der Waals surface area contributed by atoms with Gasteiger partial charge in [0.2, 0.25) is 0 Å². The van der Waals surface area contributed by atoms with Crippen molar-refractivity contribution < 1.29 is 28.9 Å². The van der Waals surface area contributed by atoms with Gasteiger partial charge in [-0.1, -0.05) is 40.6 Å². The van der Waals surface area contributed by atoms with Crippen LogP contribution in [0.25, 0.3) is 16.0 Å². The number of aromatic nitrogens is 2. The summed E-state index contributed by atoms with van der Waals surface area (Å²) in [4.78, 5) is 37.3. The molecule has 12 heteroatoms. The van der Waals surface area contributed by atoms with Gasteiger partial charge in [0.15, 0.2) is 16.6 Å². The number of Topliss-reactive ketones (excluding diaryl/α,β-unsaturated/α-hetero) is 1. The SMILES string of the molecule is CCOc1ccc2nc(N3C(=O)C(=O)/C(=C(/O)c4cc(Cl)c(OC)c(Cl)c4OC)C3c3ccccn3)sc2c1. The molecule has 1 amide bonds. The summed E-state index contributed by atoms with van der Waals surface area (Å²) in [7, 11) is 2.73. The van der Waals surface area contributed by atoms with E-state index in [1.54, 1.807) is 30.3 Å². The summed E-state index contributed by atoms with van der Waals surface area (Å²) < 4.78 is 17.0. The van der Waals surface area contributed by atoms with Crippen LogP contribution in [0.5, 0.6) is 17.2 Å². The van der Waals surface area contributed by atoms with Crippen LogP contribution < -0.4 is 19.1 Å². The Morgan fingerprint density at radius 1 is 1.10 bits per heavy atom. The molecule has 200 valence electrons. The molecule has 1 aliphatic rings. The van der Waals surface area contributed by atoms with Crippen LogP contribution in [-0.4, -0.2) is 47.6 Å². The van der Waals surface area contributed by atoms with Crippen LogP contribution >= 0.6 is 34.5 Å². The Balaban J connectivity index is 1.73. The molecule has 1 saturated heterocycles. The molecule has 1 atom stereocenters. The number of carbonyl (C=O) groups excluding carboxylic acids is 2. The van der Waals surface area contributed by atoms with E-state index < -0.39 is 23.5 Å². The van der Waals surface area contributed by atoms with Crippen molar-refractivity contribution in [1.82, 2.24) is 9.97 Å². The number of hydrogen-bond acceptors (Lipinski definition) is 9. The van der Waals surface area contributed by atoms with Crippen molar-refractivity contribution in [1.29, 1.82) is 0 Å². The van der Waals surface area contributed by atoms with Crippen molar-refractivity contribution in [3.63, 3.8) is 0 Å². The number of methoxy groups -OCH3 is 2. The topological polar surface area (TPSA) is 111 Å². The van der Waals surface area contributed by atoms with Crippen LogP contribution in [0.1, 0.15) is 24.2 Å². The number of ether oxygens (including phenoxy) is 3. The first-order valence-corrected chi connectivity index (χ1v) is 13.2. The van der Waals surface area contributed by atoms with E-state index in [1.165, 1.54) is 42.7 Å². The van der Waals surface area contributed by atoms with Crippen LogP contribution in [0.2, 0.25) is 10.0 Å². The van der Waals surface area contributed by atoms with Crippen molar-refractivity contribution in [3.8, 4) is 17.2 Å². The molecule has 5 rings (SSSR count). The van der Waals surface area contributed by atoms with Gasteiger partial charge in [-0.15, -0.1) is 0 Å². The van der Waals surface area contributed by atoms with Crippen molar-refractivity contribution in [2.24, 2.45) is 0 Å². The lowest BCUT2D eigenvalue weighted by Gasteiger charge is -2.22. The number of halogens is 2. The number of pyridine rings is 1. The highest BCUT2D eigenvalue weighted by Gasteiger charge is 2.49. The molecule has 0 aliphatic carbocycles. The molecule has 2 aromatic heterocycles. The van der Waals surface area contributed by atoms with Gasteiger partial charge in [-0.3, -0.25) is 19.5 Å². The monoisotopic (exact) mass is 585 g/mol. The maximum atomic E-state index is 13.5. The van der Waals surface area contributed by atoms with Gasteiger partial charge in [0.25, 0.3) is 5.78 Å². The van der Waals surface area contributed by atoms with Crippen molar-refractivity contribution in [3.05, 3.63) is 75.5 Å². The van der Waals surface area contributed by atoms with E-state index in [4.69, 9.17) is 37.4 Å². The molecule has 9 nitrogen and oxygen atoms in total. The lowest BCUT2D eigenvalue weighted by atomic mass is 9.98. The summed E-state index contributed by atoms with van der Waals surface area (Å²) in [5.41, 5.74) is 0.758. The van der Waals surface area contributed by atoms with Gasteiger partial charge in [-0.2, -0.15) is 0 Å². The van der Waals surface area contributed by atoms with Gasteiger partial charge in [0.05, 0.1) is 52.9 Å². The first kappa shape index (κ1) is 26.7.